The summed E-state index contributed by atoms with van der Waals surface area (Å²) < 4.78 is 15.9. The molecule has 0 bridgehead atoms. The largest absolute Gasteiger partial charge is 0.369 e. The van der Waals surface area contributed by atoms with Gasteiger partial charge in [0.25, 0.3) is 0 Å². The smallest absolute Gasteiger partial charge is 0.207 e. The van der Waals surface area contributed by atoms with Crippen molar-refractivity contribution in [2.24, 2.45) is 0 Å². The van der Waals surface area contributed by atoms with Crippen LogP contribution in [-0.4, -0.2) is 14.5 Å². The molecule has 2 aromatic heterocycles. The SMILES string of the molecule is N#Cc1c(F)cccc1-n1c(N)nc2cc(Br)cnc21. The van der Waals surface area contributed by atoms with Gasteiger partial charge in [-0.15, -0.1) is 0 Å². The van der Waals surface area contributed by atoms with Gasteiger partial charge in [-0.1, -0.05) is 6.07 Å². The summed E-state index contributed by atoms with van der Waals surface area (Å²) in [4.78, 5) is 8.40. The predicted octanol–water partition coefficient (Wildman–Crippen LogP) is 2.78. The highest BCUT2D eigenvalue weighted by molar-refractivity contribution is 9.10. The molecule has 0 unspecified atom stereocenters. The minimum absolute atomic E-state index is 0.0942. The molecule has 0 aliphatic heterocycles. The Hall–Kier alpha value is -2.46. The topological polar surface area (TPSA) is 80.5 Å². The Morgan fingerprint density at radius 1 is 1.40 bits per heavy atom. The van der Waals surface area contributed by atoms with Crippen molar-refractivity contribution >= 4 is 33.0 Å². The molecule has 1 aromatic carbocycles. The standard InChI is InChI=1S/C13H7BrFN5/c14-7-4-10-12(18-6-7)20(13(17)19-10)11-3-1-2-9(15)8(11)5-16/h1-4,6H,(H2,17,19). The van der Waals surface area contributed by atoms with Crippen LogP contribution in [0.5, 0.6) is 0 Å². The fourth-order valence-corrected chi connectivity index (χ4v) is 2.32. The first-order chi connectivity index (χ1) is 9.61. The number of nitrogens with zero attached hydrogens (tertiary/aromatic N) is 4. The molecule has 5 nitrogen and oxygen atoms in total. The van der Waals surface area contributed by atoms with Crippen molar-refractivity contribution < 1.29 is 4.39 Å². The predicted molar refractivity (Wildman–Crippen MR) is 75.7 cm³/mol. The summed E-state index contributed by atoms with van der Waals surface area (Å²) in [5, 5.41) is 9.11. The van der Waals surface area contributed by atoms with Crippen molar-refractivity contribution in [1.29, 1.82) is 5.26 Å². The molecular formula is C13H7BrFN5. The second-order valence-electron chi connectivity index (χ2n) is 4.05. The minimum atomic E-state index is -0.608. The second-order valence-corrected chi connectivity index (χ2v) is 4.96. The number of halogens is 2. The Morgan fingerprint density at radius 2 is 2.20 bits per heavy atom. The minimum Gasteiger partial charge on any atom is -0.369 e. The summed E-state index contributed by atoms with van der Waals surface area (Å²) in [5.74, 6) is -0.462. The molecule has 7 heteroatoms. The van der Waals surface area contributed by atoms with Crippen LogP contribution in [0.4, 0.5) is 10.3 Å². The van der Waals surface area contributed by atoms with Crippen LogP contribution < -0.4 is 5.73 Å². The van der Waals surface area contributed by atoms with Crippen molar-refractivity contribution in [2.45, 2.75) is 0 Å². The Balaban J connectivity index is 2.39. The van der Waals surface area contributed by atoms with Gasteiger partial charge in [-0.3, -0.25) is 4.57 Å². The summed E-state index contributed by atoms with van der Waals surface area (Å²) in [6.07, 6.45) is 1.59. The molecule has 0 aliphatic carbocycles. The number of anilines is 1. The molecular weight excluding hydrogens is 325 g/mol. The van der Waals surface area contributed by atoms with Crippen LogP contribution >= 0.6 is 15.9 Å². The van der Waals surface area contributed by atoms with Crippen molar-refractivity contribution in [1.82, 2.24) is 14.5 Å². The van der Waals surface area contributed by atoms with Gasteiger partial charge in [-0.05, 0) is 34.1 Å². The van der Waals surface area contributed by atoms with Crippen LogP contribution in [0.2, 0.25) is 0 Å². The van der Waals surface area contributed by atoms with E-state index in [2.05, 4.69) is 25.9 Å². The van der Waals surface area contributed by atoms with Crippen LogP contribution in [0.15, 0.2) is 34.9 Å². The number of fused-ring (bicyclic) bond motifs is 1. The van der Waals surface area contributed by atoms with Crippen LogP contribution in [-0.2, 0) is 0 Å². The second kappa shape index (κ2) is 4.58. The molecule has 0 atom stereocenters. The summed E-state index contributed by atoms with van der Waals surface area (Å²) in [6, 6.07) is 7.92. The van der Waals surface area contributed by atoms with Crippen LogP contribution in [0, 0.1) is 17.1 Å². The lowest BCUT2D eigenvalue weighted by Gasteiger charge is -2.08. The molecule has 0 amide bonds. The third kappa shape index (κ3) is 1.82. The molecule has 98 valence electrons. The highest BCUT2D eigenvalue weighted by Gasteiger charge is 2.16. The average Bonchev–Trinajstić information content (AvgIpc) is 2.73. The Bertz CT molecular complexity index is 865. The van der Waals surface area contributed by atoms with Gasteiger partial charge < -0.3 is 5.73 Å². The zero-order valence-electron chi connectivity index (χ0n) is 10.0. The first-order valence-corrected chi connectivity index (χ1v) is 6.39. The maximum atomic E-state index is 13.7. The number of benzene rings is 1. The number of nitrogens with two attached hydrogens (primary N) is 1. The van der Waals surface area contributed by atoms with E-state index in [1.165, 1.54) is 16.7 Å². The lowest BCUT2D eigenvalue weighted by Crippen LogP contribution is -2.04. The molecule has 3 rings (SSSR count). The van der Waals surface area contributed by atoms with Crippen LogP contribution in [0.1, 0.15) is 5.56 Å². The number of hydrogen-bond donors (Lipinski definition) is 1. The lowest BCUT2D eigenvalue weighted by molar-refractivity contribution is 0.623. The molecule has 20 heavy (non-hydrogen) atoms. The van der Waals surface area contributed by atoms with Gasteiger partial charge >= 0.3 is 0 Å². The van der Waals surface area contributed by atoms with Gasteiger partial charge in [-0.2, -0.15) is 5.26 Å². The molecule has 0 saturated heterocycles. The number of nitriles is 1. The van der Waals surface area contributed by atoms with E-state index >= 15 is 0 Å². The van der Waals surface area contributed by atoms with E-state index in [4.69, 9.17) is 11.0 Å². The molecule has 2 heterocycles. The molecule has 0 saturated carbocycles. The molecule has 0 radical (unpaired) electrons. The normalized spacial score (nSPS) is 10.7. The third-order valence-electron chi connectivity index (χ3n) is 2.83. The number of nitrogen functional groups attached to an aromatic ring is 1. The maximum Gasteiger partial charge on any atom is 0.207 e. The number of aromatic nitrogens is 3. The molecule has 3 aromatic rings. The fraction of sp³-hybridized carbons (Fsp3) is 0. The summed E-state index contributed by atoms with van der Waals surface area (Å²) >= 11 is 3.30. The molecule has 0 aliphatic rings. The lowest BCUT2D eigenvalue weighted by atomic mass is 10.2. The van der Waals surface area contributed by atoms with Crippen LogP contribution in [0.3, 0.4) is 0 Å². The van der Waals surface area contributed by atoms with Crippen LogP contribution in [0.25, 0.3) is 16.9 Å². The van der Waals surface area contributed by atoms with Crippen molar-refractivity contribution in [2.75, 3.05) is 5.73 Å². The van der Waals surface area contributed by atoms with E-state index in [1.54, 1.807) is 18.3 Å². The highest BCUT2D eigenvalue weighted by Crippen LogP contribution is 2.26. The summed E-state index contributed by atoms with van der Waals surface area (Å²) in [6.45, 7) is 0. The molecule has 2 N–H and O–H groups in total. The van der Waals surface area contributed by atoms with E-state index in [9.17, 15) is 4.39 Å². The maximum absolute atomic E-state index is 13.7. The van der Waals surface area contributed by atoms with Gasteiger partial charge in [0, 0.05) is 10.7 Å². The third-order valence-corrected chi connectivity index (χ3v) is 3.27. The monoisotopic (exact) mass is 331 g/mol. The van der Waals surface area contributed by atoms with E-state index < -0.39 is 5.82 Å². The highest BCUT2D eigenvalue weighted by atomic mass is 79.9. The van der Waals surface area contributed by atoms with Crippen molar-refractivity contribution in [3.05, 3.63) is 46.3 Å². The Kier molecular flexibility index (Phi) is 2.88. The van der Waals surface area contributed by atoms with Gasteiger partial charge in [0.2, 0.25) is 5.95 Å². The molecule has 0 spiro atoms. The van der Waals surface area contributed by atoms with Gasteiger partial charge in [-0.25, -0.2) is 14.4 Å². The first kappa shape index (κ1) is 12.6. The van der Waals surface area contributed by atoms with Gasteiger partial charge in [0.15, 0.2) is 5.65 Å². The summed E-state index contributed by atoms with van der Waals surface area (Å²) in [7, 11) is 0. The van der Waals surface area contributed by atoms with E-state index in [0.29, 0.717) is 16.9 Å². The van der Waals surface area contributed by atoms with Crippen molar-refractivity contribution in [3.8, 4) is 11.8 Å². The number of pyridine rings is 1. The molecule has 0 fully saturated rings. The number of hydrogen-bond acceptors (Lipinski definition) is 4. The fourth-order valence-electron chi connectivity index (χ4n) is 2.01. The summed E-state index contributed by atoms with van der Waals surface area (Å²) in [5.41, 5.74) is 7.13. The Morgan fingerprint density at radius 3 is 2.95 bits per heavy atom. The zero-order chi connectivity index (χ0) is 14.3. The van der Waals surface area contributed by atoms with Gasteiger partial charge in [0.1, 0.15) is 23.0 Å². The first-order valence-electron chi connectivity index (χ1n) is 5.60. The van der Waals surface area contributed by atoms with Gasteiger partial charge in [0.05, 0.1) is 5.69 Å². The van der Waals surface area contributed by atoms with E-state index in [-0.39, 0.29) is 11.5 Å². The average molecular weight is 332 g/mol. The van der Waals surface area contributed by atoms with E-state index in [0.717, 1.165) is 4.47 Å². The number of imidazole rings is 1. The number of rotatable bonds is 1. The quantitative estimate of drug-likeness (QED) is 0.743. The van der Waals surface area contributed by atoms with Crippen molar-refractivity contribution in [3.63, 3.8) is 0 Å². The zero-order valence-corrected chi connectivity index (χ0v) is 11.6. The van der Waals surface area contributed by atoms with E-state index in [1.807, 2.05) is 6.07 Å². The Labute approximate surface area is 121 Å².